The Morgan fingerprint density at radius 1 is 1.57 bits per heavy atom. The molecule has 14 heavy (non-hydrogen) atoms. The Kier molecular flexibility index (Phi) is 3.44. The second-order valence-electron chi connectivity index (χ2n) is 3.87. The summed E-state index contributed by atoms with van der Waals surface area (Å²) in [6, 6.07) is 2.16. The monoisotopic (exact) mass is 194 g/mol. The maximum Gasteiger partial charge on any atom is 0.177 e. The highest BCUT2D eigenvalue weighted by atomic mass is 16.1. The third-order valence-corrected chi connectivity index (χ3v) is 2.14. The fraction of sp³-hybridized carbons (Fsp3) is 0.636. The summed E-state index contributed by atoms with van der Waals surface area (Å²) in [6.07, 6.45) is 2.01. The third kappa shape index (κ3) is 2.22. The number of carbonyl (C=O) groups is 1. The zero-order valence-corrected chi connectivity index (χ0v) is 9.37. The number of rotatable bonds is 4. The van der Waals surface area contributed by atoms with Crippen LogP contribution in [0.25, 0.3) is 0 Å². The van der Waals surface area contributed by atoms with Crippen LogP contribution in [0.2, 0.25) is 0 Å². The van der Waals surface area contributed by atoms with Crippen molar-refractivity contribution in [3.8, 4) is 0 Å². The van der Waals surface area contributed by atoms with Crippen LogP contribution in [0.1, 0.15) is 56.3 Å². The molecule has 0 aliphatic carbocycles. The first-order valence-electron chi connectivity index (χ1n) is 5.15. The topological polar surface area (TPSA) is 34.9 Å². The van der Waals surface area contributed by atoms with E-state index in [1.807, 2.05) is 24.6 Å². The molecule has 0 atom stereocenters. The van der Waals surface area contributed by atoms with E-state index >= 15 is 0 Å². The molecule has 0 bridgehead atoms. The van der Waals surface area contributed by atoms with Crippen LogP contribution in [0.15, 0.2) is 6.07 Å². The van der Waals surface area contributed by atoms with E-state index in [1.165, 1.54) is 0 Å². The molecule has 1 aromatic rings. The van der Waals surface area contributed by atoms with Crippen LogP contribution in [0.5, 0.6) is 0 Å². The van der Waals surface area contributed by atoms with Gasteiger partial charge in [0.1, 0.15) is 5.69 Å². The van der Waals surface area contributed by atoms with Crippen LogP contribution in [-0.2, 0) is 6.42 Å². The molecule has 0 spiro atoms. The van der Waals surface area contributed by atoms with Crippen LogP contribution in [0, 0.1) is 0 Å². The predicted molar refractivity (Wildman–Crippen MR) is 56.6 cm³/mol. The summed E-state index contributed by atoms with van der Waals surface area (Å²) in [6.45, 7) is 7.78. The minimum absolute atomic E-state index is 0.0913. The van der Waals surface area contributed by atoms with Gasteiger partial charge in [0.05, 0.1) is 5.69 Å². The highest BCUT2D eigenvalue weighted by Crippen LogP contribution is 2.13. The van der Waals surface area contributed by atoms with Crippen LogP contribution in [0.3, 0.4) is 0 Å². The Labute approximate surface area is 85.1 Å². The van der Waals surface area contributed by atoms with Crippen molar-refractivity contribution in [2.24, 2.45) is 0 Å². The Hall–Kier alpha value is -1.12. The van der Waals surface area contributed by atoms with Gasteiger partial charge >= 0.3 is 0 Å². The Morgan fingerprint density at radius 2 is 2.21 bits per heavy atom. The number of aromatic nitrogens is 2. The first kappa shape index (κ1) is 11.0. The van der Waals surface area contributed by atoms with Crippen molar-refractivity contribution in [2.45, 2.75) is 46.6 Å². The minimum atomic E-state index is 0.0913. The van der Waals surface area contributed by atoms with Crippen molar-refractivity contribution in [1.29, 1.82) is 0 Å². The Balaban J connectivity index is 3.06. The highest BCUT2D eigenvalue weighted by molar-refractivity contribution is 5.92. The molecule has 3 heteroatoms. The molecule has 0 aromatic carbocycles. The predicted octanol–water partition coefficient (Wildman–Crippen LogP) is 2.62. The molecule has 0 saturated carbocycles. The van der Waals surface area contributed by atoms with Crippen molar-refractivity contribution < 1.29 is 4.79 Å². The second-order valence-corrected chi connectivity index (χ2v) is 3.87. The molecule has 0 radical (unpaired) electrons. The summed E-state index contributed by atoms with van der Waals surface area (Å²) in [5, 5.41) is 4.42. The maximum absolute atomic E-state index is 11.3. The third-order valence-electron chi connectivity index (χ3n) is 2.14. The Morgan fingerprint density at radius 3 is 2.57 bits per heavy atom. The molecule has 1 rings (SSSR count). The van der Waals surface area contributed by atoms with E-state index in [-0.39, 0.29) is 11.8 Å². The molecular weight excluding hydrogens is 176 g/mol. The van der Waals surface area contributed by atoms with E-state index in [1.54, 1.807) is 6.92 Å². The van der Waals surface area contributed by atoms with E-state index in [0.717, 1.165) is 24.2 Å². The van der Waals surface area contributed by atoms with Gasteiger partial charge in [-0.05, 0) is 26.3 Å². The van der Waals surface area contributed by atoms with Gasteiger partial charge in [-0.3, -0.25) is 9.48 Å². The molecular formula is C11H18N2O. The highest BCUT2D eigenvalue weighted by Gasteiger charge is 2.13. The first-order valence-corrected chi connectivity index (χ1v) is 5.15. The smallest absolute Gasteiger partial charge is 0.177 e. The number of hydrogen-bond donors (Lipinski definition) is 0. The van der Waals surface area contributed by atoms with Gasteiger partial charge in [0, 0.05) is 13.0 Å². The average molecular weight is 194 g/mol. The molecule has 0 fully saturated rings. The van der Waals surface area contributed by atoms with E-state index < -0.39 is 0 Å². The number of carbonyl (C=O) groups excluding carboxylic acids is 1. The van der Waals surface area contributed by atoms with E-state index in [0.29, 0.717) is 0 Å². The number of aryl methyl sites for hydroxylation is 1. The molecule has 0 amide bonds. The summed E-state index contributed by atoms with van der Waals surface area (Å²) >= 11 is 0. The van der Waals surface area contributed by atoms with Crippen LogP contribution in [-0.4, -0.2) is 15.6 Å². The molecule has 0 unspecified atom stereocenters. The summed E-state index contributed by atoms with van der Waals surface area (Å²) < 4.78 is 1.81. The molecule has 0 saturated heterocycles. The summed E-state index contributed by atoms with van der Waals surface area (Å²) in [4.78, 5) is 11.3. The van der Waals surface area contributed by atoms with E-state index in [4.69, 9.17) is 0 Å². The fourth-order valence-electron chi connectivity index (χ4n) is 1.48. The van der Waals surface area contributed by atoms with Crippen molar-refractivity contribution >= 4 is 5.78 Å². The summed E-state index contributed by atoms with van der Waals surface area (Å²) in [5.74, 6) is 0.0913. The minimum Gasteiger partial charge on any atom is -0.293 e. The lowest BCUT2D eigenvalue weighted by molar-refractivity contribution is 0.100. The average Bonchev–Trinajstić information content (AvgIpc) is 2.49. The lowest BCUT2D eigenvalue weighted by atomic mass is 10.2. The first-order chi connectivity index (χ1) is 6.56. The zero-order chi connectivity index (χ0) is 10.7. The largest absolute Gasteiger partial charge is 0.293 e. The number of ketones is 1. The molecule has 0 aliphatic rings. The van der Waals surface area contributed by atoms with Gasteiger partial charge in [0.25, 0.3) is 0 Å². The normalized spacial score (nSPS) is 10.9. The van der Waals surface area contributed by atoms with Crippen LogP contribution in [0.4, 0.5) is 0 Å². The van der Waals surface area contributed by atoms with Gasteiger partial charge in [-0.15, -0.1) is 0 Å². The van der Waals surface area contributed by atoms with Gasteiger partial charge in [-0.1, -0.05) is 13.3 Å². The van der Waals surface area contributed by atoms with Gasteiger partial charge in [-0.2, -0.15) is 5.10 Å². The lowest BCUT2D eigenvalue weighted by Gasteiger charge is -2.07. The molecule has 3 nitrogen and oxygen atoms in total. The Bertz CT molecular complexity index is 326. The zero-order valence-electron chi connectivity index (χ0n) is 9.37. The molecule has 0 aliphatic heterocycles. The van der Waals surface area contributed by atoms with Crippen LogP contribution < -0.4 is 0 Å². The molecule has 1 heterocycles. The van der Waals surface area contributed by atoms with Gasteiger partial charge in [0.15, 0.2) is 5.78 Å². The van der Waals surface area contributed by atoms with E-state index in [9.17, 15) is 4.79 Å². The van der Waals surface area contributed by atoms with Crippen molar-refractivity contribution in [2.75, 3.05) is 0 Å². The molecule has 0 N–H and O–H groups in total. The summed E-state index contributed by atoms with van der Waals surface area (Å²) in [7, 11) is 0. The van der Waals surface area contributed by atoms with Crippen molar-refractivity contribution in [3.63, 3.8) is 0 Å². The standard InChI is InChI=1S/C11H18N2O/c1-5-6-10-7-11(9(4)14)13(12-10)8(2)3/h7-8H,5-6H2,1-4H3. The molecule has 78 valence electrons. The SMILES string of the molecule is CCCc1cc(C(C)=O)n(C(C)C)n1. The van der Waals surface area contributed by atoms with Crippen molar-refractivity contribution in [1.82, 2.24) is 9.78 Å². The van der Waals surface area contributed by atoms with Crippen LogP contribution >= 0.6 is 0 Å². The maximum atomic E-state index is 11.3. The quantitative estimate of drug-likeness (QED) is 0.690. The van der Waals surface area contributed by atoms with Gasteiger partial charge < -0.3 is 0 Å². The lowest BCUT2D eigenvalue weighted by Crippen LogP contribution is -2.10. The van der Waals surface area contributed by atoms with Crippen molar-refractivity contribution in [3.05, 3.63) is 17.5 Å². The number of hydrogen-bond acceptors (Lipinski definition) is 2. The van der Waals surface area contributed by atoms with E-state index in [2.05, 4.69) is 12.0 Å². The fourth-order valence-corrected chi connectivity index (χ4v) is 1.48. The summed E-state index contributed by atoms with van der Waals surface area (Å²) in [5.41, 5.74) is 1.75. The number of Topliss-reactive ketones (excluding diaryl/α,β-unsaturated/α-hetero) is 1. The van der Waals surface area contributed by atoms with Gasteiger partial charge in [-0.25, -0.2) is 0 Å². The molecule has 1 aromatic heterocycles. The second kappa shape index (κ2) is 4.40. The number of nitrogens with zero attached hydrogens (tertiary/aromatic N) is 2. The van der Waals surface area contributed by atoms with Gasteiger partial charge in [0.2, 0.25) is 0 Å².